The van der Waals surface area contributed by atoms with E-state index in [0.29, 0.717) is 12.5 Å². The maximum absolute atomic E-state index is 13.6. The van der Waals surface area contributed by atoms with Crippen molar-refractivity contribution in [3.63, 3.8) is 0 Å². The van der Waals surface area contributed by atoms with Crippen LogP contribution in [0.2, 0.25) is 0 Å². The van der Waals surface area contributed by atoms with E-state index < -0.39 is 23.4 Å². The summed E-state index contributed by atoms with van der Waals surface area (Å²) in [6.45, 7) is 4.93. The summed E-state index contributed by atoms with van der Waals surface area (Å²) in [5, 5.41) is 2.28. The van der Waals surface area contributed by atoms with Crippen LogP contribution in [0.5, 0.6) is 0 Å². The SMILES string of the molecule is CC(C)c1ccc(C[NH+](C)CC(=O)Nc2ccc(F)c(F)c2F)cc1. The number of amides is 1. The van der Waals surface area contributed by atoms with E-state index >= 15 is 0 Å². The normalized spacial score (nSPS) is 12.3. The highest BCUT2D eigenvalue weighted by atomic mass is 19.2. The first-order valence-electron chi connectivity index (χ1n) is 8.11. The van der Waals surface area contributed by atoms with E-state index in [0.717, 1.165) is 22.6 Å². The molecule has 0 aliphatic carbocycles. The molecule has 2 aromatic carbocycles. The number of benzene rings is 2. The van der Waals surface area contributed by atoms with Gasteiger partial charge in [-0.05, 0) is 23.6 Å². The number of nitrogens with one attached hydrogen (secondary N) is 2. The molecule has 1 unspecified atom stereocenters. The number of rotatable bonds is 6. The smallest absolute Gasteiger partial charge is 0.279 e. The van der Waals surface area contributed by atoms with Gasteiger partial charge in [0, 0.05) is 5.56 Å². The molecule has 0 radical (unpaired) electrons. The number of quaternary nitrogens is 1. The summed E-state index contributed by atoms with van der Waals surface area (Å²) in [5.74, 6) is -4.29. The largest absolute Gasteiger partial charge is 0.326 e. The highest BCUT2D eigenvalue weighted by Crippen LogP contribution is 2.19. The third kappa shape index (κ3) is 5.06. The van der Waals surface area contributed by atoms with Crippen LogP contribution in [0.15, 0.2) is 36.4 Å². The van der Waals surface area contributed by atoms with Gasteiger partial charge in [-0.2, -0.15) is 0 Å². The van der Waals surface area contributed by atoms with Gasteiger partial charge in [0.15, 0.2) is 24.0 Å². The van der Waals surface area contributed by atoms with Gasteiger partial charge in [0.25, 0.3) is 5.91 Å². The zero-order valence-corrected chi connectivity index (χ0v) is 14.5. The summed E-state index contributed by atoms with van der Waals surface area (Å²) in [7, 11) is 1.83. The monoisotopic (exact) mass is 351 g/mol. The number of hydrogen-bond acceptors (Lipinski definition) is 1. The Morgan fingerprint density at radius 3 is 2.28 bits per heavy atom. The summed E-state index contributed by atoms with van der Waals surface area (Å²) in [4.78, 5) is 12.9. The molecule has 6 heteroatoms. The molecule has 2 rings (SSSR count). The highest BCUT2D eigenvalue weighted by Gasteiger charge is 2.17. The molecule has 0 aromatic heterocycles. The van der Waals surface area contributed by atoms with Crippen LogP contribution in [0.1, 0.15) is 30.9 Å². The minimum Gasteiger partial charge on any atom is -0.326 e. The maximum atomic E-state index is 13.6. The van der Waals surface area contributed by atoms with Crippen LogP contribution < -0.4 is 10.2 Å². The van der Waals surface area contributed by atoms with Crippen molar-refractivity contribution in [2.45, 2.75) is 26.3 Å². The van der Waals surface area contributed by atoms with Crippen LogP contribution in [0.4, 0.5) is 18.9 Å². The molecule has 0 saturated heterocycles. The Morgan fingerprint density at radius 2 is 1.68 bits per heavy atom. The number of carbonyl (C=O) groups excluding carboxylic acids is 1. The zero-order chi connectivity index (χ0) is 18.6. The molecule has 0 fully saturated rings. The Labute approximate surface area is 145 Å². The van der Waals surface area contributed by atoms with Gasteiger partial charge in [-0.15, -0.1) is 0 Å². The molecule has 0 saturated carbocycles. The number of hydrogen-bond donors (Lipinski definition) is 2. The molecular formula is C19H22F3N2O+. The average Bonchev–Trinajstić information content (AvgIpc) is 2.55. The van der Waals surface area contributed by atoms with Crippen molar-refractivity contribution < 1.29 is 22.9 Å². The Bertz CT molecular complexity index is 745. The third-order valence-corrected chi connectivity index (χ3v) is 3.92. The van der Waals surface area contributed by atoms with Crippen molar-refractivity contribution in [2.24, 2.45) is 0 Å². The molecule has 0 spiro atoms. The summed E-state index contributed by atoms with van der Waals surface area (Å²) in [5.41, 5.74) is 1.96. The van der Waals surface area contributed by atoms with Gasteiger partial charge in [-0.1, -0.05) is 38.1 Å². The molecule has 1 amide bonds. The van der Waals surface area contributed by atoms with Crippen LogP contribution in [0.25, 0.3) is 0 Å². The summed E-state index contributed by atoms with van der Waals surface area (Å²) >= 11 is 0. The van der Waals surface area contributed by atoms with Crippen LogP contribution in [0, 0.1) is 17.5 Å². The van der Waals surface area contributed by atoms with Gasteiger partial charge in [0.05, 0.1) is 12.7 Å². The molecule has 1 atom stereocenters. The number of likely N-dealkylation sites (N-methyl/N-ethyl adjacent to an activating group) is 1. The summed E-state index contributed by atoms with van der Waals surface area (Å²) < 4.78 is 39.6. The van der Waals surface area contributed by atoms with Gasteiger partial charge in [-0.25, -0.2) is 13.2 Å². The Balaban J connectivity index is 1.93. The lowest BCUT2D eigenvalue weighted by atomic mass is 10.0. The lowest BCUT2D eigenvalue weighted by Gasteiger charge is -2.15. The van der Waals surface area contributed by atoms with E-state index in [2.05, 4.69) is 31.3 Å². The summed E-state index contributed by atoms with van der Waals surface area (Å²) in [6, 6.07) is 9.94. The van der Waals surface area contributed by atoms with Crippen LogP contribution in [-0.2, 0) is 11.3 Å². The van der Waals surface area contributed by atoms with Crippen molar-refractivity contribution in [1.29, 1.82) is 0 Å². The van der Waals surface area contributed by atoms with Gasteiger partial charge in [-0.3, -0.25) is 4.79 Å². The van der Waals surface area contributed by atoms with Crippen molar-refractivity contribution in [2.75, 3.05) is 18.9 Å². The second kappa shape index (κ2) is 8.16. The first-order valence-corrected chi connectivity index (χ1v) is 8.11. The van der Waals surface area contributed by atoms with Crippen LogP contribution in [0.3, 0.4) is 0 Å². The fraction of sp³-hybridized carbons (Fsp3) is 0.316. The van der Waals surface area contributed by atoms with Crippen molar-refractivity contribution in [1.82, 2.24) is 0 Å². The predicted octanol–water partition coefficient (Wildman–Crippen LogP) is 2.88. The quantitative estimate of drug-likeness (QED) is 0.771. The van der Waals surface area contributed by atoms with Crippen LogP contribution >= 0.6 is 0 Å². The third-order valence-electron chi connectivity index (χ3n) is 3.92. The van der Waals surface area contributed by atoms with Crippen molar-refractivity contribution in [3.8, 4) is 0 Å². The van der Waals surface area contributed by atoms with E-state index in [4.69, 9.17) is 0 Å². The molecule has 0 bridgehead atoms. The first-order chi connectivity index (χ1) is 11.8. The second-order valence-electron chi connectivity index (χ2n) is 6.48. The second-order valence-corrected chi connectivity index (χ2v) is 6.48. The molecule has 0 heterocycles. The Hall–Kier alpha value is -2.34. The topological polar surface area (TPSA) is 33.5 Å². The number of carbonyl (C=O) groups is 1. The van der Waals surface area contributed by atoms with E-state index in [1.807, 2.05) is 19.2 Å². The molecule has 3 nitrogen and oxygen atoms in total. The van der Waals surface area contributed by atoms with E-state index in [9.17, 15) is 18.0 Å². The fourth-order valence-electron chi connectivity index (χ4n) is 2.52. The molecule has 2 N–H and O–H groups in total. The van der Waals surface area contributed by atoms with E-state index in [-0.39, 0.29) is 12.2 Å². The molecule has 2 aromatic rings. The van der Waals surface area contributed by atoms with Crippen molar-refractivity contribution >= 4 is 11.6 Å². The fourth-order valence-corrected chi connectivity index (χ4v) is 2.52. The Kier molecular flexibility index (Phi) is 6.20. The molecular weight excluding hydrogens is 329 g/mol. The predicted molar refractivity (Wildman–Crippen MR) is 90.9 cm³/mol. The highest BCUT2D eigenvalue weighted by molar-refractivity contribution is 5.91. The van der Waals surface area contributed by atoms with Crippen LogP contribution in [-0.4, -0.2) is 19.5 Å². The van der Waals surface area contributed by atoms with E-state index in [1.165, 1.54) is 5.56 Å². The minimum absolute atomic E-state index is 0.0738. The molecule has 134 valence electrons. The lowest BCUT2D eigenvalue weighted by molar-refractivity contribution is -0.885. The van der Waals surface area contributed by atoms with Gasteiger partial charge < -0.3 is 10.2 Å². The van der Waals surface area contributed by atoms with Gasteiger partial charge >= 0.3 is 0 Å². The molecule has 0 aliphatic heterocycles. The number of anilines is 1. The van der Waals surface area contributed by atoms with Gasteiger partial charge in [0.1, 0.15) is 6.54 Å². The van der Waals surface area contributed by atoms with E-state index in [1.54, 1.807) is 0 Å². The maximum Gasteiger partial charge on any atom is 0.279 e. The molecule has 25 heavy (non-hydrogen) atoms. The number of halogens is 3. The lowest BCUT2D eigenvalue weighted by Crippen LogP contribution is -3.08. The standard InChI is InChI=1S/C19H21F3N2O/c1-12(2)14-6-4-13(5-7-14)10-24(3)11-17(25)23-16-9-8-15(20)18(21)19(16)22/h4-9,12H,10-11H2,1-3H3,(H,23,25)/p+1. The first kappa shape index (κ1) is 19.0. The van der Waals surface area contributed by atoms with Crippen molar-refractivity contribution in [3.05, 3.63) is 65.0 Å². The molecule has 0 aliphatic rings. The Morgan fingerprint density at radius 1 is 1.04 bits per heavy atom. The average molecular weight is 351 g/mol. The zero-order valence-electron chi connectivity index (χ0n) is 14.5. The minimum atomic E-state index is -1.59. The summed E-state index contributed by atoms with van der Waals surface area (Å²) in [6.07, 6.45) is 0. The van der Waals surface area contributed by atoms with Gasteiger partial charge in [0.2, 0.25) is 0 Å².